The van der Waals surface area contributed by atoms with E-state index in [0.29, 0.717) is 6.10 Å². The minimum Gasteiger partial charge on any atom is -0.490 e. The molecule has 0 saturated carbocycles. The second kappa shape index (κ2) is 5.08. The molecular weight excluding hydrogens is 232 g/mol. The number of aryl methyl sites for hydroxylation is 2. The van der Waals surface area contributed by atoms with Gasteiger partial charge in [0.05, 0.1) is 6.10 Å². The Morgan fingerprint density at radius 2 is 1.79 bits per heavy atom. The zero-order valence-corrected chi connectivity index (χ0v) is 11.6. The van der Waals surface area contributed by atoms with E-state index in [0.717, 1.165) is 25.0 Å². The van der Waals surface area contributed by atoms with E-state index in [2.05, 4.69) is 56.3 Å². The summed E-state index contributed by atoms with van der Waals surface area (Å²) >= 11 is 0. The normalized spacial score (nSPS) is 17.7. The van der Waals surface area contributed by atoms with Crippen LogP contribution in [0.3, 0.4) is 0 Å². The van der Waals surface area contributed by atoms with Crippen LogP contribution >= 0.6 is 0 Å². The molecule has 1 heteroatoms. The van der Waals surface area contributed by atoms with Crippen LogP contribution in [0.25, 0.3) is 11.1 Å². The molecule has 1 nitrogen and oxygen atoms in total. The molecule has 19 heavy (non-hydrogen) atoms. The lowest BCUT2D eigenvalue weighted by Crippen LogP contribution is -2.21. The maximum atomic E-state index is 5.99. The van der Waals surface area contributed by atoms with Gasteiger partial charge in [-0.3, -0.25) is 0 Å². The number of fused-ring (bicyclic) bond motifs is 1. The molecular formula is C18H20O. The second-order valence-electron chi connectivity index (χ2n) is 5.38. The molecule has 0 radical (unpaired) electrons. The first kappa shape index (κ1) is 12.3. The van der Waals surface area contributed by atoms with Gasteiger partial charge in [-0.15, -0.1) is 0 Å². The van der Waals surface area contributed by atoms with Crippen molar-refractivity contribution in [2.24, 2.45) is 0 Å². The van der Waals surface area contributed by atoms with Crippen LogP contribution in [-0.4, -0.2) is 6.10 Å². The fourth-order valence-corrected chi connectivity index (χ4v) is 2.66. The van der Waals surface area contributed by atoms with Crippen LogP contribution in [0, 0.1) is 6.92 Å². The maximum Gasteiger partial charge on any atom is 0.122 e. The third-order valence-corrected chi connectivity index (χ3v) is 3.93. The van der Waals surface area contributed by atoms with Crippen molar-refractivity contribution < 1.29 is 4.74 Å². The predicted molar refractivity (Wildman–Crippen MR) is 79.6 cm³/mol. The summed E-state index contributed by atoms with van der Waals surface area (Å²) in [6.07, 6.45) is 3.77. The minimum absolute atomic E-state index is 0.401. The number of benzene rings is 2. The summed E-state index contributed by atoms with van der Waals surface area (Å²) in [6, 6.07) is 15.3. The van der Waals surface area contributed by atoms with Crippen LogP contribution in [0.1, 0.15) is 30.9 Å². The van der Waals surface area contributed by atoms with Crippen molar-refractivity contribution in [1.82, 2.24) is 0 Å². The number of hydrogen-bond donors (Lipinski definition) is 0. The van der Waals surface area contributed by atoms with Crippen LogP contribution in [0.5, 0.6) is 5.75 Å². The SMILES string of the molecule is CCC1CCc2cc(-c3ccc(C)cc3)ccc2O1. The van der Waals surface area contributed by atoms with Gasteiger partial charge in [0.25, 0.3) is 0 Å². The summed E-state index contributed by atoms with van der Waals surface area (Å²) in [4.78, 5) is 0. The first-order valence-corrected chi connectivity index (χ1v) is 7.13. The van der Waals surface area contributed by atoms with Gasteiger partial charge in [0.1, 0.15) is 5.75 Å². The molecule has 0 aliphatic carbocycles. The lowest BCUT2D eigenvalue weighted by atomic mass is 9.96. The quantitative estimate of drug-likeness (QED) is 0.748. The van der Waals surface area contributed by atoms with Gasteiger partial charge in [-0.05, 0) is 55.0 Å². The summed E-state index contributed by atoms with van der Waals surface area (Å²) in [7, 11) is 0. The molecule has 0 N–H and O–H groups in total. The second-order valence-corrected chi connectivity index (χ2v) is 5.38. The van der Waals surface area contributed by atoms with Gasteiger partial charge in [0.15, 0.2) is 0 Å². The third-order valence-electron chi connectivity index (χ3n) is 3.93. The Morgan fingerprint density at radius 3 is 2.53 bits per heavy atom. The summed E-state index contributed by atoms with van der Waals surface area (Å²) in [6.45, 7) is 4.31. The van der Waals surface area contributed by atoms with E-state index in [9.17, 15) is 0 Å². The zero-order chi connectivity index (χ0) is 13.2. The largest absolute Gasteiger partial charge is 0.490 e. The molecule has 1 unspecified atom stereocenters. The average molecular weight is 252 g/mol. The van der Waals surface area contributed by atoms with E-state index >= 15 is 0 Å². The van der Waals surface area contributed by atoms with Crippen LogP contribution in [0.15, 0.2) is 42.5 Å². The van der Waals surface area contributed by atoms with E-state index in [1.54, 1.807) is 0 Å². The summed E-state index contributed by atoms with van der Waals surface area (Å²) in [5.74, 6) is 1.08. The topological polar surface area (TPSA) is 9.23 Å². The highest BCUT2D eigenvalue weighted by molar-refractivity contribution is 5.66. The van der Waals surface area contributed by atoms with Crippen molar-refractivity contribution in [1.29, 1.82) is 0 Å². The Balaban J connectivity index is 1.92. The highest BCUT2D eigenvalue weighted by Gasteiger charge is 2.18. The van der Waals surface area contributed by atoms with Crippen molar-refractivity contribution in [3.05, 3.63) is 53.6 Å². The monoisotopic (exact) mass is 252 g/mol. The Morgan fingerprint density at radius 1 is 1.05 bits per heavy atom. The first-order valence-electron chi connectivity index (χ1n) is 7.13. The molecule has 0 saturated heterocycles. The smallest absolute Gasteiger partial charge is 0.122 e. The van der Waals surface area contributed by atoms with Gasteiger partial charge in [0.2, 0.25) is 0 Å². The Bertz CT molecular complexity index is 569. The summed E-state index contributed by atoms with van der Waals surface area (Å²) in [5.41, 5.74) is 5.22. The standard InChI is InChI=1S/C18H20O/c1-3-17-10-8-16-12-15(9-11-18(16)19-17)14-6-4-13(2)5-7-14/h4-7,9,11-12,17H,3,8,10H2,1-2H3. The molecule has 1 aliphatic heterocycles. The molecule has 1 atom stereocenters. The highest BCUT2D eigenvalue weighted by atomic mass is 16.5. The molecule has 1 aliphatic rings. The van der Waals surface area contributed by atoms with Gasteiger partial charge in [-0.2, -0.15) is 0 Å². The molecule has 1 heterocycles. The Hall–Kier alpha value is -1.76. The fraction of sp³-hybridized carbons (Fsp3) is 0.333. The van der Waals surface area contributed by atoms with Gasteiger partial charge < -0.3 is 4.74 Å². The van der Waals surface area contributed by atoms with E-state index in [1.165, 1.54) is 22.3 Å². The van der Waals surface area contributed by atoms with Crippen molar-refractivity contribution in [2.45, 2.75) is 39.2 Å². The molecule has 0 aromatic heterocycles. The van der Waals surface area contributed by atoms with Crippen LogP contribution in [0.4, 0.5) is 0 Å². The minimum atomic E-state index is 0.401. The lowest BCUT2D eigenvalue weighted by molar-refractivity contribution is 0.169. The van der Waals surface area contributed by atoms with Gasteiger partial charge >= 0.3 is 0 Å². The highest BCUT2D eigenvalue weighted by Crippen LogP contribution is 2.32. The first-order chi connectivity index (χ1) is 9.26. The molecule has 98 valence electrons. The molecule has 0 fully saturated rings. The molecule has 3 rings (SSSR count). The number of hydrogen-bond acceptors (Lipinski definition) is 1. The molecule has 0 bridgehead atoms. The average Bonchev–Trinajstić information content (AvgIpc) is 2.47. The fourth-order valence-electron chi connectivity index (χ4n) is 2.66. The van der Waals surface area contributed by atoms with Crippen LogP contribution < -0.4 is 4.74 Å². The van der Waals surface area contributed by atoms with Gasteiger partial charge in [0, 0.05) is 0 Å². The van der Waals surface area contributed by atoms with Crippen molar-refractivity contribution >= 4 is 0 Å². The molecule has 2 aromatic carbocycles. The van der Waals surface area contributed by atoms with Gasteiger partial charge in [-0.25, -0.2) is 0 Å². The zero-order valence-electron chi connectivity index (χ0n) is 11.6. The van der Waals surface area contributed by atoms with Crippen LogP contribution in [-0.2, 0) is 6.42 Å². The van der Waals surface area contributed by atoms with Crippen molar-refractivity contribution in [2.75, 3.05) is 0 Å². The van der Waals surface area contributed by atoms with E-state index in [1.807, 2.05) is 0 Å². The third kappa shape index (κ3) is 2.51. The molecule has 2 aromatic rings. The predicted octanol–water partition coefficient (Wildman–Crippen LogP) is 4.77. The number of ether oxygens (including phenoxy) is 1. The van der Waals surface area contributed by atoms with E-state index in [4.69, 9.17) is 4.74 Å². The van der Waals surface area contributed by atoms with E-state index in [-0.39, 0.29) is 0 Å². The van der Waals surface area contributed by atoms with Crippen LogP contribution in [0.2, 0.25) is 0 Å². The maximum absolute atomic E-state index is 5.99. The lowest BCUT2D eigenvalue weighted by Gasteiger charge is -2.25. The van der Waals surface area contributed by atoms with E-state index < -0.39 is 0 Å². The Kier molecular flexibility index (Phi) is 3.29. The molecule has 0 spiro atoms. The van der Waals surface area contributed by atoms with Crippen molar-refractivity contribution in [3.63, 3.8) is 0 Å². The summed E-state index contributed by atoms with van der Waals surface area (Å²) in [5, 5.41) is 0. The Labute approximate surface area is 115 Å². The van der Waals surface area contributed by atoms with Gasteiger partial charge in [-0.1, -0.05) is 42.8 Å². The van der Waals surface area contributed by atoms with Crippen molar-refractivity contribution in [3.8, 4) is 16.9 Å². The number of rotatable bonds is 2. The summed E-state index contributed by atoms with van der Waals surface area (Å²) < 4.78 is 5.99. The molecule has 0 amide bonds.